The van der Waals surface area contributed by atoms with Crippen molar-refractivity contribution in [2.45, 2.75) is 13.8 Å². The van der Waals surface area contributed by atoms with Gasteiger partial charge in [-0.3, -0.25) is 4.79 Å². The van der Waals surface area contributed by atoms with Crippen molar-refractivity contribution in [2.75, 3.05) is 18.5 Å². The predicted molar refractivity (Wildman–Crippen MR) is 78.7 cm³/mol. The van der Waals surface area contributed by atoms with E-state index in [9.17, 15) is 9.18 Å². The van der Waals surface area contributed by atoms with Crippen LogP contribution in [-0.4, -0.2) is 29.1 Å². The van der Waals surface area contributed by atoms with Crippen molar-refractivity contribution in [1.29, 1.82) is 0 Å². The van der Waals surface area contributed by atoms with Gasteiger partial charge in [0.1, 0.15) is 11.5 Å². The van der Waals surface area contributed by atoms with E-state index in [1.54, 1.807) is 6.92 Å². The average molecular weight is 305 g/mol. The molecule has 1 aromatic carbocycles. The minimum atomic E-state index is -0.409. The number of amides is 1. The number of benzene rings is 1. The molecule has 0 aliphatic heterocycles. The third kappa shape index (κ3) is 3.91. The Hall–Kier alpha value is -2.70. The molecule has 0 saturated heterocycles. The Kier molecular flexibility index (Phi) is 5.24. The molecular formula is C15H16FN3O3. The summed E-state index contributed by atoms with van der Waals surface area (Å²) in [6.07, 6.45) is 1.41. The molecule has 0 saturated carbocycles. The molecule has 1 N–H and O–H groups in total. The van der Waals surface area contributed by atoms with Crippen molar-refractivity contribution in [3.05, 3.63) is 41.8 Å². The number of carbonyl (C=O) groups excluding carboxylic acids is 1. The molecule has 1 aromatic heterocycles. The van der Waals surface area contributed by atoms with E-state index in [-0.39, 0.29) is 11.9 Å². The fraction of sp³-hybridized carbons (Fsp3) is 0.267. The Bertz CT molecular complexity index is 647. The first kappa shape index (κ1) is 15.7. The number of anilines is 1. The molecule has 1 heterocycles. The monoisotopic (exact) mass is 305 g/mol. The zero-order valence-corrected chi connectivity index (χ0v) is 12.3. The second kappa shape index (κ2) is 7.35. The molecule has 0 atom stereocenters. The number of hydrogen-bond acceptors (Lipinski definition) is 5. The first-order chi connectivity index (χ1) is 10.6. The highest BCUT2D eigenvalue weighted by atomic mass is 19.1. The Morgan fingerprint density at radius 1 is 1.18 bits per heavy atom. The highest BCUT2D eigenvalue weighted by Crippen LogP contribution is 2.23. The Labute approximate surface area is 127 Å². The molecule has 0 spiro atoms. The Morgan fingerprint density at radius 2 is 1.86 bits per heavy atom. The predicted octanol–water partition coefficient (Wildman–Crippen LogP) is 2.67. The minimum Gasteiger partial charge on any atom is -0.476 e. The minimum absolute atomic E-state index is 0.172. The van der Waals surface area contributed by atoms with Gasteiger partial charge in [-0.2, -0.15) is 4.98 Å². The SMILES string of the molecule is CCOc1ncc(NC(=O)c2ccc(F)cc2)c(OCC)n1. The van der Waals surface area contributed by atoms with Crippen molar-refractivity contribution in [3.8, 4) is 11.9 Å². The van der Waals surface area contributed by atoms with E-state index in [0.29, 0.717) is 24.5 Å². The molecule has 1 amide bonds. The lowest BCUT2D eigenvalue weighted by Gasteiger charge is -2.11. The summed E-state index contributed by atoms with van der Waals surface area (Å²) in [5.74, 6) is -0.596. The number of aromatic nitrogens is 2. The summed E-state index contributed by atoms with van der Waals surface area (Å²) in [6.45, 7) is 4.41. The van der Waals surface area contributed by atoms with E-state index in [1.807, 2.05) is 6.92 Å². The van der Waals surface area contributed by atoms with Crippen LogP contribution in [0.2, 0.25) is 0 Å². The van der Waals surface area contributed by atoms with Crippen molar-refractivity contribution >= 4 is 11.6 Å². The summed E-state index contributed by atoms with van der Waals surface area (Å²) in [6, 6.07) is 5.38. The van der Waals surface area contributed by atoms with Gasteiger partial charge >= 0.3 is 6.01 Å². The van der Waals surface area contributed by atoms with Gasteiger partial charge < -0.3 is 14.8 Å². The van der Waals surface area contributed by atoms with Crippen LogP contribution in [0.25, 0.3) is 0 Å². The number of carbonyl (C=O) groups is 1. The van der Waals surface area contributed by atoms with Crippen LogP contribution in [0.5, 0.6) is 11.9 Å². The van der Waals surface area contributed by atoms with Gasteiger partial charge in [-0.25, -0.2) is 9.37 Å². The maximum atomic E-state index is 12.9. The fourth-order valence-corrected chi connectivity index (χ4v) is 1.68. The summed E-state index contributed by atoms with van der Waals surface area (Å²) in [7, 11) is 0. The first-order valence-corrected chi connectivity index (χ1v) is 6.83. The van der Waals surface area contributed by atoms with Crippen LogP contribution < -0.4 is 14.8 Å². The largest absolute Gasteiger partial charge is 0.476 e. The van der Waals surface area contributed by atoms with Crippen molar-refractivity contribution < 1.29 is 18.7 Å². The maximum Gasteiger partial charge on any atom is 0.319 e. The number of halogens is 1. The number of nitrogens with one attached hydrogen (secondary N) is 1. The Morgan fingerprint density at radius 3 is 2.50 bits per heavy atom. The average Bonchev–Trinajstić information content (AvgIpc) is 2.51. The lowest BCUT2D eigenvalue weighted by atomic mass is 10.2. The van der Waals surface area contributed by atoms with Crippen molar-refractivity contribution in [1.82, 2.24) is 9.97 Å². The fourth-order valence-electron chi connectivity index (χ4n) is 1.68. The zero-order chi connectivity index (χ0) is 15.9. The van der Waals surface area contributed by atoms with Gasteiger partial charge in [0.15, 0.2) is 0 Å². The quantitative estimate of drug-likeness (QED) is 0.888. The lowest BCUT2D eigenvalue weighted by molar-refractivity contribution is 0.102. The van der Waals surface area contributed by atoms with Crippen LogP contribution in [-0.2, 0) is 0 Å². The van der Waals surface area contributed by atoms with E-state index < -0.39 is 11.7 Å². The summed E-state index contributed by atoms with van der Waals surface area (Å²) < 4.78 is 23.4. The van der Waals surface area contributed by atoms with Crippen molar-refractivity contribution in [3.63, 3.8) is 0 Å². The second-order valence-electron chi connectivity index (χ2n) is 4.20. The van der Waals surface area contributed by atoms with E-state index >= 15 is 0 Å². The molecular weight excluding hydrogens is 289 g/mol. The van der Waals surface area contributed by atoms with Gasteiger partial charge in [-0.1, -0.05) is 0 Å². The van der Waals surface area contributed by atoms with E-state index in [0.717, 1.165) is 0 Å². The number of rotatable bonds is 6. The zero-order valence-electron chi connectivity index (χ0n) is 12.3. The molecule has 0 unspecified atom stereocenters. The number of hydrogen-bond donors (Lipinski definition) is 1. The van der Waals surface area contributed by atoms with Crippen LogP contribution in [0.3, 0.4) is 0 Å². The van der Waals surface area contributed by atoms with Gasteiger partial charge in [0.25, 0.3) is 5.91 Å². The van der Waals surface area contributed by atoms with Gasteiger partial charge in [0.2, 0.25) is 5.88 Å². The number of ether oxygens (including phenoxy) is 2. The molecule has 116 valence electrons. The highest BCUT2D eigenvalue weighted by Gasteiger charge is 2.13. The van der Waals surface area contributed by atoms with E-state index in [2.05, 4.69) is 15.3 Å². The topological polar surface area (TPSA) is 73.3 Å². The normalized spacial score (nSPS) is 10.1. The van der Waals surface area contributed by atoms with Gasteiger partial charge in [-0.05, 0) is 38.1 Å². The van der Waals surface area contributed by atoms with Crippen LogP contribution in [0.15, 0.2) is 30.5 Å². The van der Waals surface area contributed by atoms with Gasteiger partial charge in [-0.15, -0.1) is 0 Å². The third-order valence-corrected chi connectivity index (χ3v) is 2.64. The van der Waals surface area contributed by atoms with Crippen LogP contribution >= 0.6 is 0 Å². The summed E-state index contributed by atoms with van der Waals surface area (Å²) in [5.41, 5.74) is 0.636. The molecule has 2 rings (SSSR count). The molecule has 0 bridgehead atoms. The molecule has 0 aliphatic rings. The number of nitrogens with zero attached hydrogens (tertiary/aromatic N) is 2. The van der Waals surface area contributed by atoms with Crippen LogP contribution in [0.4, 0.5) is 10.1 Å². The molecule has 22 heavy (non-hydrogen) atoms. The first-order valence-electron chi connectivity index (χ1n) is 6.83. The smallest absolute Gasteiger partial charge is 0.319 e. The molecule has 0 radical (unpaired) electrons. The molecule has 6 nitrogen and oxygen atoms in total. The van der Waals surface area contributed by atoms with Gasteiger partial charge in [0, 0.05) is 5.56 Å². The molecule has 7 heteroatoms. The summed E-state index contributed by atoms with van der Waals surface area (Å²) >= 11 is 0. The van der Waals surface area contributed by atoms with Crippen LogP contribution in [0.1, 0.15) is 24.2 Å². The van der Waals surface area contributed by atoms with Crippen molar-refractivity contribution in [2.24, 2.45) is 0 Å². The molecule has 0 fully saturated rings. The Balaban J connectivity index is 2.20. The van der Waals surface area contributed by atoms with Crippen LogP contribution in [0, 0.1) is 5.82 Å². The van der Waals surface area contributed by atoms with E-state index in [1.165, 1.54) is 30.5 Å². The summed E-state index contributed by atoms with van der Waals surface area (Å²) in [5, 5.41) is 2.63. The van der Waals surface area contributed by atoms with Gasteiger partial charge in [0.05, 0.1) is 19.4 Å². The second-order valence-corrected chi connectivity index (χ2v) is 4.20. The molecule has 2 aromatic rings. The highest BCUT2D eigenvalue weighted by molar-refractivity contribution is 6.04. The molecule has 0 aliphatic carbocycles. The lowest BCUT2D eigenvalue weighted by Crippen LogP contribution is -2.14. The summed E-state index contributed by atoms with van der Waals surface area (Å²) in [4.78, 5) is 20.2. The standard InChI is InChI=1S/C15H16FN3O3/c1-3-21-14-12(9-17-15(19-14)22-4-2)18-13(20)10-5-7-11(16)8-6-10/h5-9H,3-4H2,1-2H3,(H,18,20). The third-order valence-electron chi connectivity index (χ3n) is 2.64. The maximum absolute atomic E-state index is 12.9. The van der Waals surface area contributed by atoms with E-state index in [4.69, 9.17) is 9.47 Å².